The van der Waals surface area contributed by atoms with Crippen molar-refractivity contribution >= 4 is 22.7 Å². The van der Waals surface area contributed by atoms with Gasteiger partial charge in [-0.1, -0.05) is 36.4 Å². The van der Waals surface area contributed by atoms with Crippen LogP contribution in [0.2, 0.25) is 0 Å². The summed E-state index contributed by atoms with van der Waals surface area (Å²) in [4.78, 5) is 35.7. The topological polar surface area (TPSA) is 123 Å². The zero-order valence-corrected chi connectivity index (χ0v) is 28.0. The molecule has 2 aromatic heterocycles. The number of halogens is 4. The Morgan fingerprint density at radius 1 is 1.00 bits per heavy atom. The summed E-state index contributed by atoms with van der Waals surface area (Å²) in [6.45, 7) is 0.212. The largest absolute Gasteiger partial charge is 0.489 e. The molecular weight excluding hydrogens is 680 g/mol. The van der Waals surface area contributed by atoms with Crippen LogP contribution in [0.4, 0.5) is 17.6 Å². The van der Waals surface area contributed by atoms with Crippen molar-refractivity contribution in [2.75, 3.05) is 19.7 Å². The number of carbonyl (C=O) groups is 2. The van der Waals surface area contributed by atoms with Crippen LogP contribution in [-0.4, -0.2) is 58.9 Å². The van der Waals surface area contributed by atoms with Crippen LogP contribution in [0.1, 0.15) is 46.9 Å². The van der Waals surface area contributed by atoms with E-state index in [9.17, 15) is 19.1 Å². The molecule has 3 aromatic carbocycles. The highest BCUT2D eigenvalue weighted by Crippen LogP contribution is 2.48. The van der Waals surface area contributed by atoms with E-state index in [0.717, 1.165) is 36.6 Å². The van der Waals surface area contributed by atoms with Gasteiger partial charge >= 0.3 is 6.18 Å². The predicted octanol–water partition coefficient (Wildman–Crippen LogP) is 6.17. The molecule has 2 aliphatic rings. The Morgan fingerprint density at radius 3 is 2.46 bits per heavy atom. The van der Waals surface area contributed by atoms with Crippen molar-refractivity contribution in [1.82, 2.24) is 20.6 Å². The van der Waals surface area contributed by atoms with E-state index < -0.39 is 47.1 Å². The van der Waals surface area contributed by atoms with Gasteiger partial charge in [0.1, 0.15) is 40.5 Å². The zero-order chi connectivity index (χ0) is 36.7. The van der Waals surface area contributed by atoms with Crippen LogP contribution in [-0.2, 0) is 22.2 Å². The third-order valence-electron chi connectivity index (χ3n) is 9.38. The van der Waals surface area contributed by atoms with Gasteiger partial charge in [-0.3, -0.25) is 14.6 Å². The molecule has 1 aliphatic carbocycles. The molecular formula is C39H34F4N4O5. The van der Waals surface area contributed by atoms with Crippen molar-refractivity contribution in [3.63, 3.8) is 0 Å². The predicted molar refractivity (Wildman–Crippen MR) is 183 cm³/mol. The Kier molecular flexibility index (Phi) is 9.07. The molecule has 0 radical (unpaired) electrons. The summed E-state index contributed by atoms with van der Waals surface area (Å²) in [6.07, 6.45) is -1.66. The molecule has 52 heavy (non-hydrogen) atoms. The second-order valence-corrected chi connectivity index (χ2v) is 13.3. The highest BCUT2D eigenvalue weighted by molar-refractivity contribution is 6.00. The molecule has 268 valence electrons. The van der Waals surface area contributed by atoms with E-state index in [-0.39, 0.29) is 47.4 Å². The summed E-state index contributed by atoms with van der Waals surface area (Å²) in [5, 5.41) is 17.2. The minimum atomic E-state index is -5.36. The molecule has 5 aromatic rings. The van der Waals surface area contributed by atoms with Gasteiger partial charge in [0, 0.05) is 34.8 Å². The van der Waals surface area contributed by atoms with E-state index in [1.807, 2.05) is 30.3 Å². The highest BCUT2D eigenvalue weighted by Gasteiger charge is 2.58. The molecule has 2 atom stereocenters. The zero-order valence-electron chi connectivity index (χ0n) is 28.0. The first-order valence-corrected chi connectivity index (χ1v) is 16.8. The molecule has 1 saturated carbocycles. The SMILES string of the molecule is C[C@]1(C(=O)NCCc2ccccc2)COc2c1cc([C@@](O)(CNC(=O)c1cc(OC3CC3)c3ncccc3c1)C(F)(F)F)nc2-c1ccc(F)cc1. The molecule has 2 amide bonds. The third-order valence-corrected chi connectivity index (χ3v) is 9.38. The fourth-order valence-corrected chi connectivity index (χ4v) is 6.14. The number of hydrogen-bond acceptors (Lipinski definition) is 7. The Morgan fingerprint density at radius 2 is 1.75 bits per heavy atom. The number of amides is 2. The van der Waals surface area contributed by atoms with Crippen molar-refractivity contribution in [2.24, 2.45) is 0 Å². The molecule has 7 rings (SSSR count). The molecule has 0 bridgehead atoms. The lowest BCUT2D eigenvalue weighted by Gasteiger charge is -2.31. The summed E-state index contributed by atoms with van der Waals surface area (Å²) < 4.78 is 71.0. The average molecular weight is 715 g/mol. The standard InChI is InChI=1S/C39H34F4N4O5/c1-37(36(49)45-17-15-23-6-3-2-4-7-23)22-51-34-29(37)20-31(47-33(34)24-9-11-27(40)12-10-24)38(50,39(41,42)43)21-46-35(48)26-18-25-8-5-16-44-32(25)30(19-26)52-28-13-14-28/h2-12,16,18-20,28,50H,13-15,17,21-22H2,1H3,(H,45,49)(H,46,48)/t37-,38-/m0/s1. The molecule has 3 heterocycles. The van der Waals surface area contributed by atoms with Gasteiger partial charge in [-0.15, -0.1) is 0 Å². The van der Waals surface area contributed by atoms with Gasteiger partial charge in [0.15, 0.2) is 0 Å². The number of nitrogens with one attached hydrogen (secondary N) is 2. The Labute approximate surface area is 296 Å². The maximum Gasteiger partial charge on any atom is 0.424 e. The second kappa shape index (κ2) is 13.5. The molecule has 0 spiro atoms. The number of alkyl halides is 3. The molecule has 13 heteroatoms. The van der Waals surface area contributed by atoms with Crippen LogP contribution < -0.4 is 20.1 Å². The van der Waals surface area contributed by atoms with Crippen molar-refractivity contribution in [3.05, 3.63) is 119 Å². The molecule has 1 fully saturated rings. The van der Waals surface area contributed by atoms with Gasteiger partial charge in [-0.05, 0) is 80.3 Å². The van der Waals surface area contributed by atoms with Gasteiger partial charge in [0.25, 0.3) is 5.91 Å². The van der Waals surface area contributed by atoms with Gasteiger partial charge in [-0.2, -0.15) is 13.2 Å². The van der Waals surface area contributed by atoms with Crippen LogP contribution in [0.5, 0.6) is 11.5 Å². The van der Waals surface area contributed by atoms with Crippen molar-refractivity contribution < 1.29 is 41.7 Å². The summed E-state index contributed by atoms with van der Waals surface area (Å²) >= 11 is 0. The third kappa shape index (κ3) is 6.75. The number of ether oxygens (including phenoxy) is 2. The van der Waals surface area contributed by atoms with Crippen molar-refractivity contribution in [1.29, 1.82) is 0 Å². The Hall–Kier alpha value is -5.56. The Balaban J connectivity index is 1.23. The van der Waals surface area contributed by atoms with Crippen molar-refractivity contribution in [2.45, 2.75) is 49.5 Å². The van der Waals surface area contributed by atoms with Crippen LogP contribution in [0.3, 0.4) is 0 Å². The number of aromatic nitrogens is 2. The van der Waals surface area contributed by atoms with Crippen LogP contribution >= 0.6 is 0 Å². The number of benzene rings is 3. The van der Waals surface area contributed by atoms with Gasteiger partial charge in [-0.25, -0.2) is 9.37 Å². The maximum atomic E-state index is 15.1. The van der Waals surface area contributed by atoms with Crippen molar-refractivity contribution in [3.8, 4) is 22.8 Å². The lowest BCUT2D eigenvalue weighted by atomic mass is 9.81. The number of carbonyl (C=O) groups excluding carboxylic acids is 2. The van der Waals surface area contributed by atoms with E-state index in [0.29, 0.717) is 23.1 Å². The summed E-state index contributed by atoms with van der Waals surface area (Å²) in [6, 6.07) is 21.5. The lowest BCUT2D eigenvalue weighted by molar-refractivity contribution is -0.265. The molecule has 0 unspecified atom stereocenters. The van der Waals surface area contributed by atoms with E-state index in [4.69, 9.17) is 9.47 Å². The fourth-order valence-electron chi connectivity index (χ4n) is 6.14. The number of rotatable bonds is 11. The number of hydrogen-bond donors (Lipinski definition) is 3. The maximum absolute atomic E-state index is 15.1. The minimum Gasteiger partial charge on any atom is -0.489 e. The average Bonchev–Trinajstić information content (AvgIpc) is 3.89. The van der Waals surface area contributed by atoms with Gasteiger partial charge < -0.3 is 25.2 Å². The smallest absolute Gasteiger partial charge is 0.424 e. The van der Waals surface area contributed by atoms with Crippen LogP contribution in [0, 0.1) is 5.82 Å². The van der Waals surface area contributed by atoms with E-state index in [1.165, 1.54) is 31.2 Å². The molecule has 3 N–H and O–H groups in total. The Bertz CT molecular complexity index is 2140. The van der Waals surface area contributed by atoms with E-state index in [2.05, 4.69) is 20.6 Å². The first-order chi connectivity index (χ1) is 24.9. The van der Waals surface area contributed by atoms with E-state index >= 15 is 13.2 Å². The number of aliphatic hydroxyl groups is 1. The first kappa shape index (κ1) is 34.9. The van der Waals surface area contributed by atoms with Crippen LogP contribution in [0.25, 0.3) is 22.2 Å². The number of fused-ring (bicyclic) bond motifs is 2. The molecule has 9 nitrogen and oxygen atoms in total. The number of pyridine rings is 2. The van der Waals surface area contributed by atoms with Gasteiger partial charge in [0.05, 0.1) is 18.3 Å². The molecule has 1 aliphatic heterocycles. The first-order valence-electron chi connectivity index (χ1n) is 16.8. The monoisotopic (exact) mass is 714 g/mol. The fraction of sp³-hybridized carbons (Fsp3) is 0.282. The summed E-state index contributed by atoms with van der Waals surface area (Å²) in [7, 11) is 0. The van der Waals surface area contributed by atoms with E-state index in [1.54, 1.807) is 18.3 Å². The second-order valence-electron chi connectivity index (χ2n) is 13.3. The minimum absolute atomic E-state index is 0.00253. The molecule has 0 saturated heterocycles. The lowest BCUT2D eigenvalue weighted by Crippen LogP contribution is -2.52. The quantitative estimate of drug-likeness (QED) is 0.140. The highest BCUT2D eigenvalue weighted by atomic mass is 19.4. The van der Waals surface area contributed by atoms with Crippen LogP contribution in [0.15, 0.2) is 91.1 Å². The number of nitrogens with zero attached hydrogens (tertiary/aromatic N) is 2. The van der Waals surface area contributed by atoms with Gasteiger partial charge in [0.2, 0.25) is 11.5 Å². The summed E-state index contributed by atoms with van der Waals surface area (Å²) in [5.41, 5.74) is -4.52. The summed E-state index contributed by atoms with van der Waals surface area (Å²) in [5.74, 6) is -1.66. The normalized spacial score (nSPS) is 17.9.